The Balaban J connectivity index is 2.33. The molecular formula is C16H20BrN3O5. The molecule has 8 nitrogen and oxygen atoms in total. The molecule has 1 heterocycles. The third kappa shape index (κ3) is 4.99. The second-order valence-electron chi connectivity index (χ2n) is 6.87. The van der Waals surface area contributed by atoms with Gasteiger partial charge in [-0.05, 0) is 39.8 Å². The number of nitro benzene ring substituents is 1. The van der Waals surface area contributed by atoms with Crippen molar-refractivity contribution in [1.82, 2.24) is 5.32 Å². The highest BCUT2D eigenvalue weighted by Crippen LogP contribution is 2.36. The molecule has 1 aromatic carbocycles. The Morgan fingerprint density at radius 3 is 2.76 bits per heavy atom. The molecule has 1 N–H and O–H groups in total. The number of hydrogen-bond donors (Lipinski definition) is 1. The molecule has 0 saturated heterocycles. The molecule has 1 aliphatic heterocycles. The van der Waals surface area contributed by atoms with Crippen molar-refractivity contribution in [3.63, 3.8) is 0 Å². The Morgan fingerprint density at radius 2 is 2.16 bits per heavy atom. The molecule has 136 valence electrons. The summed E-state index contributed by atoms with van der Waals surface area (Å²) >= 11 is 3.32. The maximum absolute atomic E-state index is 11.9. The lowest BCUT2D eigenvalue weighted by Gasteiger charge is -2.31. The van der Waals surface area contributed by atoms with Gasteiger partial charge in [-0.15, -0.1) is 0 Å². The first-order valence-electron chi connectivity index (χ1n) is 7.61. The molecule has 0 fully saturated rings. The van der Waals surface area contributed by atoms with Crippen LogP contribution in [0.25, 0.3) is 0 Å². The van der Waals surface area contributed by atoms with Gasteiger partial charge in [0.1, 0.15) is 23.6 Å². The number of nitro groups is 1. The molecule has 0 aliphatic carbocycles. The van der Waals surface area contributed by atoms with E-state index in [2.05, 4.69) is 26.2 Å². The van der Waals surface area contributed by atoms with Crippen LogP contribution in [0, 0.1) is 10.1 Å². The fourth-order valence-electron chi connectivity index (χ4n) is 2.43. The highest BCUT2D eigenvalue weighted by Gasteiger charge is 2.37. The fraction of sp³-hybridized carbons (Fsp3) is 0.500. The van der Waals surface area contributed by atoms with Crippen LogP contribution in [0.1, 0.15) is 33.3 Å². The van der Waals surface area contributed by atoms with Gasteiger partial charge in [-0.25, -0.2) is 4.79 Å². The van der Waals surface area contributed by atoms with Gasteiger partial charge in [0.25, 0.3) is 5.69 Å². The highest BCUT2D eigenvalue weighted by molar-refractivity contribution is 9.10. The summed E-state index contributed by atoms with van der Waals surface area (Å²) < 4.78 is 11.4. The standard InChI is InChI=1S/C16H20BrN3O5/c1-15(2,3)25-14(21)18-13-8-24-9-16(4,19-13)11-7-10(17)5-6-12(11)20(22)23/h5-7H,8-9H2,1-4H3,(H,18,19,21)/t16-/m0/s1. The number of benzene rings is 1. The van der Waals surface area contributed by atoms with Crippen LogP contribution in [-0.4, -0.2) is 35.7 Å². The van der Waals surface area contributed by atoms with Crippen LogP contribution >= 0.6 is 15.9 Å². The molecule has 2 rings (SSSR count). The summed E-state index contributed by atoms with van der Waals surface area (Å²) in [6.45, 7) is 7.22. The zero-order chi connectivity index (χ0) is 18.8. The average Bonchev–Trinajstić information content (AvgIpc) is 2.44. The van der Waals surface area contributed by atoms with Crippen molar-refractivity contribution in [2.75, 3.05) is 13.2 Å². The second-order valence-corrected chi connectivity index (χ2v) is 7.79. The minimum atomic E-state index is -1.01. The van der Waals surface area contributed by atoms with E-state index >= 15 is 0 Å². The topological polar surface area (TPSA) is 103 Å². The summed E-state index contributed by atoms with van der Waals surface area (Å²) in [7, 11) is 0. The third-order valence-corrected chi connectivity index (χ3v) is 3.88. The molecule has 0 spiro atoms. The van der Waals surface area contributed by atoms with E-state index in [1.54, 1.807) is 39.8 Å². The van der Waals surface area contributed by atoms with Gasteiger partial charge < -0.3 is 9.47 Å². The van der Waals surface area contributed by atoms with E-state index in [-0.39, 0.29) is 24.7 Å². The van der Waals surface area contributed by atoms with Gasteiger partial charge >= 0.3 is 6.09 Å². The van der Waals surface area contributed by atoms with Crippen molar-refractivity contribution in [3.05, 3.63) is 38.3 Å². The zero-order valence-electron chi connectivity index (χ0n) is 14.5. The zero-order valence-corrected chi connectivity index (χ0v) is 16.0. The van der Waals surface area contributed by atoms with Crippen LogP contribution in [0.4, 0.5) is 10.5 Å². The minimum absolute atomic E-state index is 0.0587. The van der Waals surface area contributed by atoms with Gasteiger partial charge in [-0.2, -0.15) is 0 Å². The molecular weight excluding hydrogens is 394 g/mol. The summed E-state index contributed by atoms with van der Waals surface area (Å²) in [5.74, 6) is 0.261. The number of nitrogens with zero attached hydrogens (tertiary/aromatic N) is 2. The number of carbonyl (C=O) groups excluding carboxylic acids is 1. The predicted octanol–water partition coefficient (Wildman–Crippen LogP) is 3.53. The Labute approximate surface area is 153 Å². The number of amidine groups is 1. The summed E-state index contributed by atoms with van der Waals surface area (Å²) in [5.41, 5.74) is -1.31. The maximum atomic E-state index is 11.9. The van der Waals surface area contributed by atoms with E-state index in [0.717, 1.165) is 0 Å². The van der Waals surface area contributed by atoms with Crippen LogP contribution in [0.5, 0.6) is 0 Å². The van der Waals surface area contributed by atoms with Gasteiger partial charge in [-0.3, -0.25) is 20.4 Å². The van der Waals surface area contributed by atoms with Gasteiger partial charge in [0.05, 0.1) is 17.1 Å². The lowest BCUT2D eigenvalue weighted by atomic mass is 9.91. The quantitative estimate of drug-likeness (QED) is 0.589. The fourth-order valence-corrected chi connectivity index (χ4v) is 2.79. The summed E-state index contributed by atoms with van der Waals surface area (Å²) in [6.07, 6.45) is -0.650. The number of rotatable bonds is 2. The highest BCUT2D eigenvalue weighted by atomic mass is 79.9. The molecule has 25 heavy (non-hydrogen) atoms. The number of hydrogen-bond acceptors (Lipinski definition) is 6. The van der Waals surface area contributed by atoms with Crippen molar-refractivity contribution < 1.29 is 19.2 Å². The summed E-state index contributed by atoms with van der Waals surface area (Å²) in [4.78, 5) is 27.3. The third-order valence-electron chi connectivity index (χ3n) is 3.38. The van der Waals surface area contributed by atoms with E-state index in [1.807, 2.05) is 0 Å². The van der Waals surface area contributed by atoms with Gasteiger partial charge in [0, 0.05) is 10.5 Å². The second kappa shape index (κ2) is 7.09. The van der Waals surface area contributed by atoms with Gasteiger partial charge in [-0.1, -0.05) is 15.9 Å². The molecule has 1 atom stereocenters. The lowest BCUT2D eigenvalue weighted by Crippen LogP contribution is -2.44. The van der Waals surface area contributed by atoms with Crippen molar-refractivity contribution in [2.45, 2.75) is 38.8 Å². The molecule has 0 radical (unpaired) electrons. The average molecular weight is 414 g/mol. The van der Waals surface area contributed by atoms with E-state index in [4.69, 9.17) is 9.47 Å². The Morgan fingerprint density at radius 1 is 1.48 bits per heavy atom. The number of amides is 1. The molecule has 0 aromatic heterocycles. The van der Waals surface area contributed by atoms with Crippen LogP contribution < -0.4 is 5.32 Å². The Kier molecular flexibility index (Phi) is 5.48. The van der Waals surface area contributed by atoms with Crippen LogP contribution in [0.2, 0.25) is 0 Å². The smallest absolute Gasteiger partial charge is 0.413 e. The normalized spacial score (nSPS) is 20.6. The molecule has 1 aliphatic rings. The van der Waals surface area contributed by atoms with Crippen LogP contribution in [-0.2, 0) is 15.0 Å². The SMILES string of the molecule is CC(C)(C)OC(=O)NC1=N[C@](C)(c2cc(Br)ccc2[N+](=O)[O-])COC1. The Bertz CT molecular complexity index is 729. The van der Waals surface area contributed by atoms with E-state index < -0.39 is 22.2 Å². The number of carbonyl (C=O) groups is 1. The van der Waals surface area contributed by atoms with Gasteiger partial charge in [0.2, 0.25) is 0 Å². The maximum Gasteiger partial charge on any atom is 0.413 e. The van der Waals surface area contributed by atoms with Crippen molar-refractivity contribution >= 4 is 33.5 Å². The molecule has 0 saturated carbocycles. The predicted molar refractivity (Wildman–Crippen MR) is 95.8 cm³/mol. The summed E-state index contributed by atoms with van der Waals surface area (Å²) in [5, 5.41) is 13.9. The number of alkyl carbamates (subject to hydrolysis) is 1. The van der Waals surface area contributed by atoms with Crippen molar-refractivity contribution in [2.24, 2.45) is 4.99 Å². The first-order valence-corrected chi connectivity index (χ1v) is 8.40. The molecule has 9 heteroatoms. The summed E-state index contributed by atoms with van der Waals surface area (Å²) in [6, 6.07) is 4.65. The number of nitrogens with one attached hydrogen (secondary N) is 1. The lowest BCUT2D eigenvalue weighted by molar-refractivity contribution is -0.386. The van der Waals surface area contributed by atoms with Crippen LogP contribution in [0.3, 0.4) is 0 Å². The molecule has 0 unspecified atom stereocenters. The number of ether oxygens (including phenoxy) is 2. The Hall–Kier alpha value is -2.00. The van der Waals surface area contributed by atoms with E-state index in [9.17, 15) is 14.9 Å². The first kappa shape index (κ1) is 19.3. The molecule has 0 bridgehead atoms. The number of halogens is 1. The van der Waals surface area contributed by atoms with Crippen molar-refractivity contribution in [3.8, 4) is 0 Å². The van der Waals surface area contributed by atoms with E-state index in [1.165, 1.54) is 6.07 Å². The monoisotopic (exact) mass is 413 g/mol. The number of aliphatic imine (C=N–C) groups is 1. The first-order chi connectivity index (χ1) is 11.5. The van der Waals surface area contributed by atoms with Gasteiger partial charge in [0.15, 0.2) is 0 Å². The van der Waals surface area contributed by atoms with E-state index in [0.29, 0.717) is 10.0 Å². The van der Waals surface area contributed by atoms with Crippen LogP contribution in [0.15, 0.2) is 27.7 Å². The molecule has 1 aromatic rings. The largest absolute Gasteiger partial charge is 0.444 e. The molecule has 1 amide bonds. The minimum Gasteiger partial charge on any atom is -0.444 e. The van der Waals surface area contributed by atoms with Crippen molar-refractivity contribution in [1.29, 1.82) is 0 Å².